The van der Waals surface area contributed by atoms with Crippen LogP contribution in [0.25, 0.3) is 0 Å². The Labute approximate surface area is 99.8 Å². The minimum Gasteiger partial charge on any atom is -0.396 e. The standard InChI is InChI=1S/C13H27NO2/c1-4-12(2)9-14(3)10-13(11-15)5-7-16-8-6-13/h12,15H,4-11H2,1-3H3. The second-order valence-corrected chi connectivity index (χ2v) is 5.48. The summed E-state index contributed by atoms with van der Waals surface area (Å²) in [5.41, 5.74) is 0.0838. The first kappa shape index (κ1) is 13.9. The van der Waals surface area contributed by atoms with Gasteiger partial charge in [0.05, 0.1) is 6.61 Å². The Morgan fingerprint density at radius 2 is 2.00 bits per heavy atom. The van der Waals surface area contributed by atoms with Crippen LogP contribution in [0.2, 0.25) is 0 Å². The summed E-state index contributed by atoms with van der Waals surface area (Å²) in [5.74, 6) is 0.737. The first-order valence-corrected chi connectivity index (χ1v) is 6.49. The summed E-state index contributed by atoms with van der Waals surface area (Å²) in [6.45, 7) is 8.54. The Morgan fingerprint density at radius 1 is 1.38 bits per heavy atom. The lowest BCUT2D eigenvalue weighted by molar-refractivity contribution is -0.0322. The molecule has 0 aliphatic carbocycles. The van der Waals surface area contributed by atoms with Gasteiger partial charge in [-0.2, -0.15) is 0 Å². The zero-order valence-corrected chi connectivity index (χ0v) is 11.0. The van der Waals surface area contributed by atoms with Gasteiger partial charge in [0.2, 0.25) is 0 Å². The maximum absolute atomic E-state index is 9.60. The van der Waals surface area contributed by atoms with E-state index in [2.05, 4.69) is 25.8 Å². The van der Waals surface area contributed by atoms with Crippen molar-refractivity contribution in [3.8, 4) is 0 Å². The third-order valence-corrected chi connectivity index (χ3v) is 3.81. The van der Waals surface area contributed by atoms with E-state index in [9.17, 15) is 5.11 Å². The topological polar surface area (TPSA) is 32.7 Å². The zero-order chi connectivity index (χ0) is 12.0. The lowest BCUT2D eigenvalue weighted by atomic mass is 9.80. The number of hydrogen-bond donors (Lipinski definition) is 1. The summed E-state index contributed by atoms with van der Waals surface area (Å²) in [6, 6.07) is 0. The molecule has 1 heterocycles. The van der Waals surface area contributed by atoms with E-state index in [0.29, 0.717) is 6.61 Å². The fourth-order valence-corrected chi connectivity index (χ4v) is 2.47. The molecule has 0 spiro atoms. The van der Waals surface area contributed by atoms with Gasteiger partial charge in [0.25, 0.3) is 0 Å². The maximum atomic E-state index is 9.60. The predicted molar refractivity (Wildman–Crippen MR) is 66.5 cm³/mol. The monoisotopic (exact) mass is 229 g/mol. The third-order valence-electron chi connectivity index (χ3n) is 3.81. The number of rotatable bonds is 6. The van der Waals surface area contributed by atoms with E-state index >= 15 is 0 Å². The van der Waals surface area contributed by atoms with Crippen molar-refractivity contribution >= 4 is 0 Å². The van der Waals surface area contributed by atoms with Crippen molar-refractivity contribution in [3.05, 3.63) is 0 Å². The van der Waals surface area contributed by atoms with E-state index in [-0.39, 0.29) is 5.41 Å². The van der Waals surface area contributed by atoms with E-state index < -0.39 is 0 Å². The van der Waals surface area contributed by atoms with Gasteiger partial charge in [-0.25, -0.2) is 0 Å². The van der Waals surface area contributed by atoms with E-state index in [1.54, 1.807) is 0 Å². The highest BCUT2D eigenvalue weighted by molar-refractivity contribution is 4.84. The molecule has 0 radical (unpaired) electrons. The number of nitrogens with zero attached hydrogens (tertiary/aromatic N) is 1. The van der Waals surface area contributed by atoms with Crippen LogP contribution in [0.15, 0.2) is 0 Å². The summed E-state index contributed by atoms with van der Waals surface area (Å²) in [7, 11) is 2.17. The molecule has 1 atom stereocenters. The predicted octanol–water partition coefficient (Wildman–Crippen LogP) is 1.75. The number of ether oxygens (including phenoxy) is 1. The van der Waals surface area contributed by atoms with E-state index in [1.165, 1.54) is 6.42 Å². The molecule has 0 aromatic rings. The maximum Gasteiger partial charge on any atom is 0.0501 e. The average Bonchev–Trinajstić information content (AvgIpc) is 2.29. The molecule has 1 aliphatic heterocycles. The lowest BCUT2D eigenvalue weighted by Crippen LogP contribution is -2.43. The Hall–Kier alpha value is -0.120. The highest BCUT2D eigenvalue weighted by Crippen LogP contribution is 2.30. The van der Waals surface area contributed by atoms with Gasteiger partial charge in [0.1, 0.15) is 0 Å². The number of hydrogen-bond acceptors (Lipinski definition) is 3. The molecule has 16 heavy (non-hydrogen) atoms. The lowest BCUT2D eigenvalue weighted by Gasteiger charge is -2.39. The van der Waals surface area contributed by atoms with Crippen molar-refractivity contribution in [1.82, 2.24) is 4.90 Å². The molecule has 3 nitrogen and oxygen atoms in total. The first-order valence-electron chi connectivity index (χ1n) is 6.49. The molecule has 0 aromatic carbocycles. The van der Waals surface area contributed by atoms with Gasteiger partial charge in [-0.05, 0) is 25.8 Å². The molecule has 0 saturated carbocycles. The second-order valence-electron chi connectivity index (χ2n) is 5.48. The Morgan fingerprint density at radius 3 is 2.50 bits per heavy atom. The van der Waals surface area contributed by atoms with Crippen molar-refractivity contribution in [2.75, 3.05) is 40.0 Å². The Bertz CT molecular complexity index is 190. The van der Waals surface area contributed by atoms with Gasteiger partial charge in [-0.15, -0.1) is 0 Å². The molecule has 1 saturated heterocycles. The van der Waals surface area contributed by atoms with Gasteiger partial charge in [0.15, 0.2) is 0 Å². The fourth-order valence-electron chi connectivity index (χ4n) is 2.47. The van der Waals surface area contributed by atoms with Crippen LogP contribution in [-0.2, 0) is 4.74 Å². The molecule has 0 aromatic heterocycles. The molecular weight excluding hydrogens is 202 g/mol. The summed E-state index contributed by atoms with van der Waals surface area (Å²) in [5, 5.41) is 9.60. The molecular formula is C13H27NO2. The summed E-state index contributed by atoms with van der Waals surface area (Å²) >= 11 is 0. The van der Waals surface area contributed by atoms with Crippen LogP contribution in [-0.4, -0.2) is 50.0 Å². The van der Waals surface area contributed by atoms with Gasteiger partial charge in [0, 0.05) is 31.7 Å². The van der Waals surface area contributed by atoms with Crippen LogP contribution in [0.4, 0.5) is 0 Å². The van der Waals surface area contributed by atoms with Crippen molar-refractivity contribution < 1.29 is 9.84 Å². The smallest absolute Gasteiger partial charge is 0.0501 e. The van der Waals surface area contributed by atoms with Gasteiger partial charge < -0.3 is 14.7 Å². The number of aliphatic hydroxyl groups is 1. The fraction of sp³-hybridized carbons (Fsp3) is 1.00. The second kappa shape index (κ2) is 6.58. The highest BCUT2D eigenvalue weighted by atomic mass is 16.5. The van der Waals surface area contributed by atoms with Crippen LogP contribution < -0.4 is 0 Å². The summed E-state index contributed by atoms with van der Waals surface area (Å²) < 4.78 is 5.38. The SMILES string of the molecule is CCC(C)CN(C)CC1(CO)CCOCC1. The normalized spacial score (nSPS) is 22.3. The molecule has 96 valence electrons. The molecule has 3 heteroatoms. The molecule has 1 N–H and O–H groups in total. The molecule has 1 aliphatic rings. The minimum atomic E-state index is 0.0838. The summed E-state index contributed by atoms with van der Waals surface area (Å²) in [4.78, 5) is 2.37. The van der Waals surface area contributed by atoms with Crippen molar-refractivity contribution in [2.45, 2.75) is 33.1 Å². The van der Waals surface area contributed by atoms with Crippen LogP contribution >= 0.6 is 0 Å². The third kappa shape index (κ3) is 4.04. The first-order chi connectivity index (χ1) is 7.62. The van der Waals surface area contributed by atoms with Crippen molar-refractivity contribution in [1.29, 1.82) is 0 Å². The van der Waals surface area contributed by atoms with Crippen molar-refractivity contribution in [3.63, 3.8) is 0 Å². The van der Waals surface area contributed by atoms with Crippen LogP contribution in [0.3, 0.4) is 0 Å². The Kier molecular flexibility index (Phi) is 5.73. The molecule has 1 unspecified atom stereocenters. The molecule has 1 rings (SSSR count). The van der Waals surface area contributed by atoms with E-state index in [1.807, 2.05) is 0 Å². The van der Waals surface area contributed by atoms with Gasteiger partial charge in [-0.3, -0.25) is 0 Å². The van der Waals surface area contributed by atoms with Crippen LogP contribution in [0.5, 0.6) is 0 Å². The zero-order valence-electron chi connectivity index (χ0n) is 11.0. The largest absolute Gasteiger partial charge is 0.396 e. The van der Waals surface area contributed by atoms with Crippen molar-refractivity contribution in [2.24, 2.45) is 11.3 Å². The van der Waals surface area contributed by atoms with E-state index in [0.717, 1.165) is 45.1 Å². The van der Waals surface area contributed by atoms with Gasteiger partial charge in [-0.1, -0.05) is 20.3 Å². The average molecular weight is 229 g/mol. The Balaban J connectivity index is 2.42. The van der Waals surface area contributed by atoms with E-state index in [4.69, 9.17) is 4.74 Å². The van der Waals surface area contributed by atoms with Crippen LogP contribution in [0, 0.1) is 11.3 Å². The van der Waals surface area contributed by atoms with Crippen LogP contribution in [0.1, 0.15) is 33.1 Å². The summed E-state index contributed by atoms with van der Waals surface area (Å²) in [6.07, 6.45) is 3.21. The molecule has 0 bridgehead atoms. The number of aliphatic hydroxyl groups excluding tert-OH is 1. The quantitative estimate of drug-likeness (QED) is 0.753. The highest BCUT2D eigenvalue weighted by Gasteiger charge is 2.33. The molecule has 1 fully saturated rings. The minimum absolute atomic E-state index is 0.0838. The van der Waals surface area contributed by atoms with Gasteiger partial charge >= 0.3 is 0 Å². The molecule has 0 amide bonds.